The summed E-state index contributed by atoms with van der Waals surface area (Å²) >= 11 is 5.77. The van der Waals surface area contributed by atoms with E-state index in [1.807, 2.05) is 0 Å². The molecule has 0 fully saturated rings. The Hall–Kier alpha value is -1.81. The van der Waals surface area contributed by atoms with Crippen LogP contribution in [-0.4, -0.2) is 4.98 Å². The number of hydrogen-bond donors (Lipinski definition) is 1. The average molecular weight is 253 g/mol. The van der Waals surface area contributed by atoms with Gasteiger partial charge in [0, 0.05) is 18.3 Å². The number of aryl methyl sites for hydroxylation is 1. The molecule has 0 spiro atoms. The van der Waals surface area contributed by atoms with Gasteiger partial charge in [0.05, 0.1) is 16.9 Å². The highest BCUT2D eigenvalue weighted by atomic mass is 35.5. The second-order valence-electron chi connectivity index (χ2n) is 3.58. The highest BCUT2D eigenvalue weighted by Gasteiger charge is 2.07. The van der Waals surface area contributed by atoms with Crippen LogP contribution in [0, 0.1) is 12.7 Å². The Kier molecular flexibility index (Phi) is 3.15. The van der Waals surface area contributed by atoms with Gasteiger partial charge in [-0.05, 0) is 18.6 Å². The lowest BCUT2D eigenvalue weighted by Gasteiger charge is -2.09. The van der Waals surface area contributed by atoms with Crippen LogP contribution >= 0.6 is 11.6 Å². The van der Waals surface area contributed by atoms with E-state index in [1.54, 1.807) is 13.0 Å². The number of ether oxygens (including phenoxy) is 1. The molecule has 0 saturated carbocycles. The summed E-state index contributed by atoms with van der Waals surface area (Å²) in [6.07, 6.45) is 3.00. The molecule has 5 heteroatoms. The maximum Gasteiger partial charge on any atom is 0.150 e. The van der Waals surface area contributed by atoms with Gasteiger partial charge in [-0.1, -0.05) is 11.6 Å². The Balaban J connectivity index is 2.33. The van der Waals surface area contributed by atoms with Crippen LogP contribution in [0.2, 0.25) is 5.02 Å². The molecule has 1 aromatic heterocycles. The van der Waals surface area contributed by atoms with Crippen LogP contribution < -0.4 is 10.5 Å². The first-order valence-electron chi connectivity index (χ1n) is 4.90. The normalized spacial score (nSPS) is 10.3. The van der Waals surface area contributed by atoms with Crippen LogP contribution in [0.25, 0.3) is 0 Å². The molecule has 88 valence electrons. The number of nitrogens with two attached hydrogens (primary N) is 1. The number of nitrogen functional groups attached to an aromatic ring is 1. The van der Waals surface area contributed by atoms with Crippen LogP contribution in [0.3, 0.4) is 0 Å². The molecule has 0 radical (unpaired) electrons. The van der Waals surface area contributed by atoms with E-state index in [0.29, 0.717) is 22.1 Å². The number of aromatic nitrogens is 1. The molecule has 0 aliphatic carbocycles. The zero-order chi connectivity index (χ0) is 12.4. The van der Waals surface area contributed by atoms with Gasteiger partial charge in [0.25, 0.3) is 0 Å². The maximum atomic E-state index is 13.2. The summed E-state index contributed by atoms with van der Waals surface area (Å²) in [7, 11) is 0. The fraction of sp³-hybridized carbons (Fsp3) is 0.0833. The van der Waals surface area contributed by atoms with E-state index in [-0.39, 0.29) is 11.5 Å². The first kappa shape index (κ1) is 11.7. The Morgan fingerprint density at radius 3 is 2.76 bits per heavy atom. The highest BCUT2D eigenvalue weighted by Crippen LogP contribution is 2.30. The molecular formula is C12H10ClFN2O. The number of pyridine rings is 1. The Bertz CT molecular complexity index is 560. The predicted molar refractivity (Wildman–Crippen MR) is 64.9 cm³/mol. The summed E-state index contributed by atoms with van der Waals surface area (Å²) in [6.45, 7) is 1.64. The first-order valence-corrected chi connectivity index (χ1v) is 5.28. The van der Waals surface area contributed by atoms with E-state index in [0.717, 1.165) is 0 Å². The number of halogens is 2. The molecule has 3 nitrogen and oxygen atoms in total. The van der Waals surface area contributed by atoms with E-state index in [1.165, 1.54) is 24.5 Å². The maximum absolute atomic E-state index is 13.2. The third kappa shape index (κ3) is 2.65. The third-order valence-corrected chi connectivity index (χ3v) is 2.41. The monoisotopic (exact) mass is 252 g/mol. The van der Waals surface area contributed by atoms with Crippen molar-refractivity contribution in [3.05, 3.63) is 47.0 Å². The second-order valence-corrected chi connectivity index (χ2v) is 4.02. The van der Waals surface area contributed by atoms with Gasteiger partial charge in [0.2, 0.25) is 0 Å². The molecular weight excluding hydrogens is 243 g/mol. The van der Waals surface area contributed by atoms with Gasteiger partial charge in [0.15, 0.2) is 5.75 Å². The van der Waals surface area contributed by atoms with Crippen LogP contribution in [0.15, 0.2) is 30.6 Å². The number of rotatable bonds is 2. The lowest BCUT2D eigenvalue weighted by atomic mass is 10.2. The van der Waals surface area contributed by atoms with Crippen molar-refractivity contribution in [3.8, 4) is 11.5 Å². The number of hydrogen-bond acceptors (Lipinski definition) is 3. The third-order valence-electron chi connectivity index (χ3n) is 2.20. The Labute approximate surface area is 103 Å². The molecule has 2 N–H and O–H groups in total. The highest BCUT2D eigenvalue weighted by molar-refractivity contribution is 6.30. The molecule has 1 heterocycles. The summed E-state index contributed by atoms with van der Waals surface area (Å²) < 4.78 is 18.7. The van der Waals surface area contributed by atoms with Crippen molar-refractivity contribution in [1.29, 1.82) is 0 Å². The molecule has 2 rings (SSSR count). The minimum atomic E-state index is -0.362. The topological polar surface area (TPSA) is 48.1 Å². The molecule has 1 aromatic carbocycles. The molecule has 0 atom stereocenters. The zero-order valence-electron chi connectivity index (χ0n) is 9.08. The van der Waals surface area contributed by atoms with Gasteiger partial charge in [-0.2, -0.15) is 0 Å². The van der Waals surface area contributed by atoms with Crippen LogP contribution in [-0.2, 0) is 0 Å². The van der Waals surface area contributed by atoms with Gasteiger partial charge in [-0.3, -0.25) is 4.98 Å². The van der Waals surface area contributed by atoms with Gasteiger partial charge in [0.1, 0.15) is 11.6 Å². The molecule has 0 bridgehead atoms. The minimum absolute atomic E-state index is 0.230. The Morgan fingerprint density at radius 2 is 2.06 bits per heavy atom. The fourth-order valence-electron chi connectivity index (χ4n) is 1.33. The average Bonchev–Trinajstić information content (AvgIpc) is 2.26. The number of anilines is 1. The number of nitrogens with zero attached hydrogens (tertiary/aromatic N) is 1. The molecule has 0 aliphatic rings. The van der Waals surface area contributed by atoms with Gasteiger partial charge in [-0.25, -0.2) is 4.39 Å². The summed E-state index contributed by atoms with van der Waals surface area (Å²) in [5.41, 5.74) is 6.35. The van der Waals surface area contributed by atoms with Crippen LogP contribution in [0.5, 0.6) is 11.5 Å². The largest absolute Gasteiger partial charge is 0.454 e. The minimum Gasteiger partial charge on any atom is -0.454 e. The van der Waals surface area contributed by atoms with Crippen molar-refractivity contribution in [2.75, 3.05) is 5.73 Å². The van der Waals surface area contributed by atoms with Crippen molar-refractivity contribution in [3.63, 3.8) is 0 Å². The quantitative estimate of drug-likeness (QED) is 0.832. The first-order chi connectivity index (χ1) is 8.06. The summed E-state index contributed by atoms with van der Waals surface area (Å²) in [6, 6.07) is 4.36. The Morgan fingerprint density at radius 1 is 1.29 bits per heavy atom. The van der Waals surface area contributed by atoms with Crippen molar-refractivity contribution < 1.29 is 9.13 Å². The molecule has 2 aromatic rings. The van der Waals surface area contributed by atoms with E-state index in [2.05, 4.69) is 4.98 Å². The zero-order valence-corrected chi connectivity index (χ0v) is 9.83. The van der Waals surface area contributed by atoms with Crippen LogP contribution in [0.4, 0.5) is 10.1 Å². The van der Waals surface area contributed by atoms with Crippen LogP contribution in [0.1, 0.15) is 5.56 Å². The lowest BCUT2D eigenvalue weighted by Crippen LogP contribution is -1.95. The standard InChI is InChI=1S/C12H10ClFN2O/c1-7-2-12(11(15)4-10(7)14)17-9-3-8(13)5-16-6-9/h2-6H,15H2,1H3. The number of benzene rings is 1. The summed E-state index contributed by atoms with van der Waals surface area (Å²) in [4.78, 5) is 3.88. The molecule has 0 saturated heterocycles. The van der Waals surface area contributed by atoms with Crippen molar-refractivity contribution in [1.82, 2.24) is 4.98 Å². The summed E-state index contributed by atoms with van der Waals surface area (Å²) in [5.74, 6) is 0.474. The van der Waals surface area contributed by atoms with Crippen molar-refractivity contribution in [2.24, 2.45) is 0 Å². The van der Waals surface area contributed by atoms with Gasteiger partial charge < -0.3 is 10.5 Å². The summed E-state index contributed by atoms with van der Waals surface area (Å²) in [5, 5.41) is 0.458. The van der Waals surface area contributed by atoms with Crippen molar-refractivity contribution in [2.45, 2.75) is 6.92 Å². The molecule has 17 heavy (non-hydrogen) atoms. The van der Waals surface area contributed by atoms with Gasteiger partial charge >= 0.3 is 0 Å². The lowest BCUT2D eigenvalue weighted by molar-refractivity contribution is 0.480. The van der Waals surface area contributed by atoms with Crippen molar-refractivity contribution >= 4 is 17.3 Å². The van der Waals surface area contributed by atoms with Gasteiger partial charge in [-0.15, -0.1) is 0 Å². The smallest absolute Gasteiger partial charge is 0.150 e. The second kappa shape index (κ2) is 4.59. The molecule has 0 aliphatic heterocycles. The molecule has 0 unspecified atom stereocenters. The predicted octanol–water partition coefficient (Wildman–Crippen LogP) is 3.56. The van der Waals surface area contributed by atoms with E-state index < -0.39 is 0 Å². The SMILES string of the molecule is Cc1cc(Oc2cncc(Cl)c2)c(N)cc1F. The fourth-order valence-corrected chi connectivity index (χ4v) is 1.50. The van der Waals surface area contributed by atoms with E-state index in [9.17, 15) is 4.39 Å². The molecule has 0 amide bonds. The van der Waals surface area contributed by atoms with E-state index in [4.69, 9.17) is 22.1 Å². The van der Waals surface area contributed by atoms with E-state index >= 15 is 0 Å².